The molecule has 6 heteroatoms. The van der Waals surface area contributed by atoms with Gasteiger partial charge in [-0.2, -0.15) is 5.10 Å². The number of carbonyl (C=O) groups is 2. The number of aromatic nitrogens is 2. The predicted octanol–water partition coefficient (Wildman–Crippen LogP) is 1.61. The van der Waals surface area contributed by atoms with Crippen molar-refractivity contribution in [1.82, 2.24) is 14.7 Å². The monoisotopic (exact) mass is 293 g/mol. The molecule has 0 aliphatic heterocycles. The van der Waals surface area contributed by atoms with E-state index in [2.05, 4.69) is 12.0 Å². The van der Waals surface area contributed by atoms with Gasteiger partial charge in [0.25, 0.3) is 5.91 Å². The summed E-state index contributed by atoms with van der Waals surface area (Å²) < 4.78 is 6.57. The van der Waals surface area contributed by atoms with Crippen LogP contribution in [0.3, 0.4) is 0 Å². The van der Waals surface area contributed by atoms with Crippen LogP contribution in [0.25, 0.3) is 0 Å². The van der Waals surface area contributed by atoms with Crippen LogP contribution in [0.5, 0.6) is 0 Å². The fourth-order valence-corrected chi connectivity index (χ4v) is 2.67. The van der Waals surface area contributed by atoms with Crippen molar-refractivity contribution in [1.29, 1.82) is 0 Å². The van der Waals surface area contributed by atoms with Crippen molar-refractivity contribution < 1.29 is 14.3 Å². The van der Waals surface area contributed by atoms with Crippen LogP contribution in [0.15, 0.2) is 12.4 Å². The molecule has 0 spiro atoms. The maximum atomic E-state index is 12.1. The van der Waals surface area contributed by atoms with E-state index in [1.54, 1.807) is 25.2 Å². The molecule has 0 saturated heterocycles. The molecule has 0 unspecified atom stereocenters. The van der Waals surface area contributed by atoms with Gasteiger partial charge in [0.1, 0.15) is 0 Å². The van der Waals surface area contributed by atoms with Crippen LogP contribution in [-0.2, 0) is 16.6 Å². The molecular weight excluding hydrogens is 270 g/mol. The van der Waals surface area contributed by atoms with E-state index in [0.717, 1.165) is 31.6 Å². The summed E-state index contributed by atoms with van der Waals surface area (Å²) >= 11 is 0. The number of nitrogens with zero attached hydrogens (tertiary/aromatic N) is 3. The highest BCUT2D eigenvalue weighted by Gasteiger charge is 2.25. The zero-order valence-corrected chi connectivity index (χ0v) is 12.9. The average molecular weight is 293 g/mol. The lowest BCUT2D eigenvalue weighted by Crippen LogP contribution is -2.41. The Bertz CT molecular complexity index is 504. The molecule has 1 saturated carbocycles. The van der Waals surface area contributed by atoms with Crippen LogP contribution < -0.4 is 0 Å². The number of ether oxygens (including phenoxy) is 1. The Morgan fingerprint density at radius 3 is 2.62 bits per heavy atom. The van der Waals surface area contributed by atoms with Gasteiger partial charge in [0.05, 0.1) is 11.8 Å². The maximum absolute atomic E-state index is 12.1. The van der Waals surface area contributed by atoms with Gasteiger partial charge in [0, 0.05) is 26.3 Å². The van der Waals surface area contributed by atoms with Crippen LogP contribution in [-0.4, -0.2) is 46.3 Å². The molecule has 0 N–H and O–H groups in total. The minimum Gasteiger partial charge on any atom is -0.452 e. The van der Waals surface area contributed by atoms with Crippen LogP contribution in [0.4, 0.5) is 0 Å². The van der Waals surface area contributed by atoms with E-state index in [4.69, 9.17) is 4.74 Å². The maximum Gasteiger partial charge on any atom is 0.341 e. The Hall–Kier alpha value is -1.85. The summed E-state index contributed by atoms with van der Waals surface area (Å²) in [6, 6.07) is 0.269. The first-order chi connectivity index (χ1) is 9.97. The number of amides is 1. The number of rotatable bonds is 4. The molecule has 1 heterocycles. The number of hydrogen-bond donors (Lipinski definition) is 0. The lowest BCUT2D eigenvalue weighted by atomic mass is 9.87. The topological polar surface area (TPSA) is 64.4 Å². The van der Waals surface area contributed by atoms with Gasteiger partial charge >= 0.3 is 5.97 Å². The number of esters is 1. The lowest BCUT2D eigenvalue weighted by Gasteiger charge is -2.33. The number of carbonyl (C=O) groups excluding carboxylic acids is 2. The molecule has 21 heavy (non-hydrogen) atoms. The van der Waals surface area contributed by atoms with Crippen molar-refractivity contribution >= 4 is 11.9 Å². The summed E-state index contributed by atoms with van der Waals surface area (Å²) in [6.45, 7) is 2.03. The fourth-order valence-electron chi connectivity index (χ4n) is 2.67. The van der Waals surface area contributed by atoms with Crippen LogP contribution >= 0.6 is 0 Å². The minimum atomic E-state index is -0.512. The Balaban J connectivity index is 1.80. The van der Waals surface area contributed by atoms with Crippen molar-refractivity contribution in [3.8, 4) is 0 Å². The smallest absolute Gasteiger partial charge is 0.341 e. The van der Waals surface area contributed by atoms with Gasteiger partial charge in [-0.3, -0.25) is 9.48 Å². The normalized spacial score (nSPS) is 21.9. The Morgan fingerprint density at radius 1 is 1.38 bits per heavy atom. The molecule has 1 fully saturated rings. The van der Waals surface area contributed by atoms with E-state index in [9.17, 15) is 9.59 Å². The van der Waals surface area contributed by atoms with Crippen molar-refractivity contribution in [2.45, 2.75) is 38.6 Å². The summed E-state index contributed by atoms with van der Waals surface area (Å²) in [6.07, 6.45) is 7.35. The second kappa shape index (κ2) is 6.74. The molecule has 2 rings (SSSR count). The molecular formula is C15H23N3O3. The standard InChI is InChI=1S/C15H23N3O3/c1-11-4-6-13(7-5-11)18(3)14(19)10-21-15(20)12-8-16-17(2)9-12/h8-9,11,13H,4-7,10H2,1-3H3. The molecule has 1 aromatic heterocycles. The van der Waals surface area contributed by atoms with Crippen LogP contribution in [0, 0.1) is 5.92 Å². The highest BCUT2D eigenvalue weighted by molar-refractivity contribution is 5.90. The van der Waals surface area contributed by atoms with Crippen molar-refractivity contribution in [3.05, 3.63) is 18.0 Å². The van der Waals surface area contributed by atoms with Crippen molar-refractivity contribution in [2.75, 3.05) is 13.7 Å². The predicted molar refractivity (Wildman–Crippen MR) is 77.7 cm³/mol. The SMILES string of the molecule is CC1CCC(N(C)C(=O)COC(=O)c2cnn(C)c2)CC1. The molecule has 1 aliphatic carbocycles. The number of likely N-dealkylation sites (N-methyl/N-ethyl adjacent to an activating group) is 1. The molecule has 116 valence electrons. The number of aryl methyl sites for hydroxylation is 1. The molecule has 0 radical (unpaired) electrons. The third kappa shape index (κ3) is 4.06. The summed E-state index contributed by atoms with van der Waals surface area (Å²) in [5.74, 6) is 0.0853. The minimum absolute atomic E-state index is 0.146. The molecule has 0 atom stereocenters. The van der Waals surface area contributed by atoms with Gasteiger partial charge in [0.15, 0.2) is 6.61 Å². The molecule has 0 aromatic carbocycles. The molecule has 1 amide bonds. The summed E-state index contributed by atoms with van der Waals surface area (Å²) in [7, 11) is 3.51. The van der Waals surface area contributed by atoms with E-state index >= 15 is 0 Å². The Morgan fingerprint density at radius 2 is 2.05 bits per heavy atom. The summed E-state index contributed by atoms with van der Waals surface area (Å²) in [5, 5.41) is 3.90. The summed E-state index contributed by atoms with van der Waals surface area (Å²) in [5.41, 5.74) is 0.361. The third-order valence-corrected chi connectivity index (χ3v) is 4.19. The van der Waals surface area contributed by atoms with Crippen molar-refractivity contribution in [2.24, 2.45) is 13.0 Å². The molecule has 1 aromatic rings. The largest absolute Gasteiger partial charge is 0.452 e. The Kier molecular flexibility index (Phi) is 4.98. The van der Waals surface area contributed by atoms with Crippen LogP contribution in [0.2, 0.25) is 0 Å². The van der Waals surface area contributed by atoms with Gasteiger partial charge in [-0.05, 0) is 31.6 Å². The highest BCUT2D eigenvalue weighted by atomic mass is 16.5. The Labute approximate surface area is 125 Å². The van der Waals surface area contributed by atoms with E-state index in [1.807, 2.05) is 0 Å². The van der Waals surface area contributed by atoms with E-state index < -0.39 is 5.97 Å². The zero-order valence-electron chi connectivity index (χ0n) is 12.9. The molecule has 6 nitrogen and oxygen atoms in total. The first kappa shape index (κ1) is 15.5. The van der Waals surface area contributed by atoms with Gasteiger partial charge in [-0.1, -0.05) is 6.92 Å². The molecule has 1 aliphatic rings. The van der Waals surface area contributed by atoms with Gasteiger partial charge < -0.3 is 9.64 Å². The van der Waals surface area contributed by atoms with Crippen molar-refractivity contribution in [3.63, 3.8) is 0 Å². The van der Waals surface area contributed by atoms with Gasteiger partial charge in [0.2, 0.25) is 0 Å². The second-order valence-corrected chi connectivity index (χ2v) is 5.90. The quantitative estimate of drug-likeness (QED) is 0.791. The van der Waals surface area contributed by atoms with E-state index in [-0.39, 0.29) is 18.6 Å². The lowest BCUT2D eigenvalue weighted by molar-refractivity contribution is -0.136. The van der Waals surface area contributed by atoms with E-state index in [1.165, 1.54) is 10.9 Å². The first-order valence-corrected chi connectivity index (χ1v) is 7.38. The second-order valence-electron chi connectivity index (χ2n) is 5.90. The summed E-state index contributed by atoms with van der Waals surface area (Å²) in [4.78, 5) is 25.6. The van der Waals surface area contributed by atoms with Gasteiger partial charge in [-0.25, -0.2) is 4.79 Å². The molecule has 0 bridgehead atoms. The zero-order chi connectivity index (χ0) is 15.4. The fraction of sp³-hybridized carbons (Fsp3) is 0.667. The average Bonchev–Trinajstić information content (AvgIpc) is 2.91. The van der Waals surface area contributed by atoms with Crippen LogP contribution in [0.1, 0.15) is 43.0 Å². The first-order valence-electron chi connectivity index (χ1n) is 7.38. The number of hydrogen-bond acceptors (Lipinski definition) is 4. The van der Waals surface area contributed by atoms with Gasteiger partial charge in [-0.15, -0.1) is 0 Å². The third-order valence-electron chi connectivity index (χ3n) is 4.19. The van der Waals surface area contributed by atoms with E-state index in [0.29, 0.717) is 5.56 Å². The highest BCUT2D eigenvalue weighted by Crippen LogP contribution is 2.26.